The zero-order valence-corrected chi connectivity index (χ0v) is 12.0. The smallest absolute Gasteiger partial charge is 0.251 e. The fourth-order valence-electron chi connectivity index (χ4n) is 1.50. The molecule has 0 fully saturated rings. The van der Waals surface area contributed by atoms with Crippen LogP contribution in [-0.4, -0.2) is 48.0 Å². The van der Waals surface area contributed by atoms with Crippen molar-refractivity contribution >= 4 is 17.8 Å². The van der Waals surface area contributed by atoms with Crippen LogP contribution in [0.3, 0.4) is 0 Å². The molecule has 126 valence electrons. The summed E-state index contributed by atoms with van der Waals surface area (Å²) >= 11 is 0. The molecule has 0 aliphatic carbocycles. The van der Waals surface area contributed by atoms with Crippen molar-refractivity contribution in [3.63, 3.8) is 0 Å². The first-order valence-electron chi connectivity index (χ1n) is 6.54. The highest BCUT2D eigenvalue weighted by molar-refractivity contribution is 5.88. The lowest BCUT2D eigenvalue weighted by atomic mass is 10.1. The van der Waals surface area contributed by atoms with Crippen molar-refractivity contribution in [2.24, 2.45) is 27.9 Å². The van der Waals surface area contributed by atoms with E-state index < -0.39 is 28.9 Å². The summed E-state index contributed by atoms with van der Waals surface area (Å²) in [4.78, 5) is 36.6. The van der Waals surface area contributed by atoms with Crippen molar-refractivity contribution in [3.05, 3.63) is 10.1 Å². The van der Waals surface area contributed by atoms with Crippen LogP contribution in [-0.2, 0) is 9.59 Å². The van der Waals surface area contributed by atoms with E-state index in [1.807, 2.05) is 0 Å². The van der Waals surface area contributed by atoms with Crippen molar-refractivity contribution in [3.8, 4) is 0 Å². The van der Waals surface area contributed by atoms with Crippen molar-refractivity contribution in [1.82, 2.24) is 10.7 Å². The lowest BCUT2D eigenvalue weighted by molar-refractivity contribution is -0.525. The molecule has 10 N–H and O–H groups in total. The van der Waals surface area contributed by atoms with Crippen molar-refractivity contribution in [2.45, 2.75) is 31.3 Å². The van der Waals surface area contributed by atoms with E-state index in [1.54, 1.807) is 5.43 Å². The molecule has 0 heterocycles. The van der Waals surface area contributed by atoms with Crippen LogP contribution < -0.4 is 33.7 Å². The van der Waals surface area contributed by atoms with Gasteiger partial charge in [-0.05, 0) is 25.8 Å². The van der Waals surface area contributed by atoms with Gasteiger partial charge in [0.2, 0.25) is 11.8 Å². The number of nitro groups is 1. The average molecular weight is 318 g/mol. The third-order valence-corrected chi connectivity index (χ3v) is 2.61. The average Bonchev–Trinajstić information content (AvgIpc) is 2.41. The molecule has 0 saturated carbocycles. The van der Waals surface area contributed by atoms with Crippen LogP contribution in [0.25, 0.3) is 0 Å². The van der Waals surface area contributed by atoms with E-state index in [0.717, 1.165) is 0 Å². The van der Waals surface area contributed by atoms with Gasteiger partial charge in [0.1, 0.15) is 6.04 Å². The minimum atomic E-state index is -0.862. The van der Waals surface area contributed by atoms with E-state index in [9.17, 15) is 19.7 Å². The van der Waals surface area contributed by atoms with Gasteiger partial charge in [0.15, 0.2) is 5.03 Å². The predicted molar refractivity (Wildman–Crippen MR) is 78.6 cm³/mol. The molecule has 0 bridgehead atoms. The molecule has 0 rings (SSSR count). The second-order valence-corrected chi connectivity index (χ2v) is 4.43. The van der Waals surface area contributed by atoms with Gasteiger partial charge < -0.3 is 28.3 Å². The van der Waals surface area contributed by atoms with Gasteiger partial charge in [0.05, 0.1) is 6.04 Å². The Morgan fingerprint density at radius 1 is 1.27 bits per heavy atom. The molecule has 2 amide bonds. The number of amides is 2. The maximum absolute atomic E-state index is 11.8. The Balaban J connectivity index is 4.15. The van der Waals surface area contributed by atoms with Gasteiger partial charge >= 0.3 is 0 Å². The molecule has 22 heavy (non-hydrogen) atoms. The lowest BCUT2D eigenvalue weighted by Crippen LogP contribution is -2.51. The minimum absolute atomic E-state index is 0.162. The molecule has 0 saturated heterocycles. The second-order valence-electron chi connectivity index (χ2n) is 4.43. The van der Waals surface area contributed by atoms with Crippen LogP contribution in [0.4, 0.5) is 0 Å². The number of hydrogen-bond donors (Lipinski definition) is 6. The fraction of sp³-hybridized carbons (Fsp3) is 0.700. The third kappa shape index (κ3) is 8.65. The van der Waals surface area contributed by atoms with Gasteiger partial charge in [0.25, 0.3) is 5.96 Å². The first-order valence-corrected chi connectivity index (χ1v) is 6.54. The van der Waals surface area contributed by atoms with Gasteiger partial charge in [-0.3, -0.25) is 9.59 Å². The van der Waals surface area contributed by atoms with Crippen LogP contribution in [0.2, 0.25) is 0 Å². The number of aliphatic imine (C=N–C) groups is 1. The topological polar surface area (TPSA) is 218 Å². The molecular formula is C10H22N8O4. The summed E-state index contributed by atoms with van der Waals surface area (Å²) in [5.41, 5.74) is 23.0. The Hall–Kier alpha value is -2.47. The summed E-state index contributed by atoms with van der Waals surface area (Å²) in [7, 11) is 0. The summed E-state index contributed by atoms with van der Waals surface area (Å²) in [5.74, 6) is -1.55. The van der Waals surface area contributed by atoms with E-state index in [-0.39, 0.29) is 31.9 Å². The largest absolute Gasteiger partial charge is 0.368 e. The number of rotatable bonds is 10. The Morgan fingerprint density at radius 3 is 2.41 bits per heavy atom. The summed E-state index contributed by atoms with van der Waals surface area (Å²) in [6.07, 6.45) is 0.864. The zero-order chi connectivity index (χ0) is 17.1. The highest BCUT2D eigenvalue weighted by Crippen LogP contribution is 1.97. The number of primary amides is 1. The van der Waals surface area contributed by atoms with Gasteiger partial charge in [-0.1, -0.05) is 5.43 Å². The SMILES string of the molecule is NCC[C@@H](NC(=O)[C@H](N)CCCN=C(N)N[N+](=O)[O-])C(N)=O. The normalized spacial score (nSPS) is 14.0. The molecular weight excluding hydrogens is 296 g/mol. The maximum Gasteiger partial charge on any atom is 0.251 e. The van der Waals surface area contributed by atoms with Gasteiger partial charge in [0, 0.05) is 6.54 Å². The lowest BCUT2D eigenvalue weighted by Gasteiger charge is -2.17. The van der Waals surface area contributed by atoms with Crippen molar-refractivity contribution in [1.29, 1.82) is 0 Å². The number of hydrogen-bond acceptors (Lipinski definition) is 7. The number of carbonyl (C=O) groups is 2. The number of guanidine groups is 1. The van der Waals surface area contributed by atoms with Crippen LogP contribution >= 0.6 is 0 Å². The van der Waals surface area contributed by atoms with Gasteiger partial charge in [-0.2, -0.15) is 0 Å². The van der Waals surface area contributed by atoms with Crippen LogP contribution in [0.1, 0.15) is 19.3 Å². The quantitative estimate of drug-likeness (QED) is 0.0778. The van der Waals surface area contributed by atoms with Crippen molar-refractivity contribution < 1.29 is 14.6 Å². The number of carbonyl (C=O) groups excluding carboxylic acids is 2. The highest BCUT2D eigenvalue weighted by atomic mass is 16.7. The van der Waals surface area contributed by atoms with Crippen molar-refractivity contribution in [2.75, 3.05) is 13.1 Å². The first-order chi connectivity index (χ1) is 10.3. The van der Waals surface area contributed by atoms with E-state index in [2.05, 4.69) is 10.3 Å². The van der Waals surface area contributed by atoms with Gasteiger partial charge in [-0.15, -0.1) is 0 Å². The molecule has 0 aromatic heterocycles. The molecule has 12 nitrogen and oxygen atoms in total. The summed E-state index contributed by atoms with van der Waals surface area (Å²) in [6.45, 7) is 0.357. The number of nitrogens with zero attached hydrogens (tertiary/aromatic N) is 2. The van der Waals surface area contributed by atoms with Crippen LogP contribution in [0.15, 0.2) is 4.99 Å². The predicted octanol–water partition coefficient (Wildman–Crippen LogP) is -3.49. The Kier molecular flexibility index (Phi) is 9.13. The van der Waals surface area contributed by atoms with E-state index >= 15 is 0 Å². The monoisotopic (exact) mass is 318 g/mol. The number of nitrogens with two attached hydrogens (primary N) is 4. The third-order valence-electron chi connectivity index (χ3n) is 2.61. The summed E-state index contributed by atoms with van der Waals surface area (Å²) < 4.78 is 0. The standard InChI is InChI=1S/C10H22N8O4/c11-4-3-7(8(13)19)16-9(20)6(12)2-1-5-15-10(14)17-18(21)22/h6-7H,1-5,11-12H2,(H2,13,19)(H,16,20)(H3,14,15,17)/t6-,7-/m1/s1. The Morgan fingerprint density at radius 2 is 1.91 bits per heavy atom. The molecule has 0 aromatic carbocycles. The van der Waals surface area contributed by atoms with E-state index in [4.69, 9.17) is 22.9 Å². The Bertz CT molecular complexity index is 427. The highest BCUT2D eigenvalue weighted by Gasteiger charge is 2.20. The second kappa shape index (κ2) is 10.3. The Labute approximate surface area is 126 Å². The fourth-order valence-corrected chi connectivity index (χ4v) is 1.50. The molecule has 0 aliphatic rings. The number of nitrogens with one attached hydrogen (secondary N) is 2. The zero-order valence-electron chi connectivity index (χ0n) is 12.0. The van der Waals surface area contributed by atoms with Crippen LogP contribution in [0.5, 0.6) is 0 Å². The molecule has 0 aliphatic heterocycles. The molecule has 0 radical (unpaired) electrons. The first kappa shape index (κ1) is 19.5. The molecule has 0 spiro atoms. The molecule has 0 aromatic rings. The summed E-state index contributed by atoms with van der Waals surface area (Å²) in [6, 6.07) is -1.72. The molecule has 12 heteroatoms. The molecule has 0 unspecified atom stereocenters. The van der Waals surface area contributed by atoms with E-state index in [1.165, 1.54) is 0 Å². The minimum Gasteiger partial charge on any atom is -0.368 e. The number of hydrazine groups is 1. The van der Waals surface area contributed by atoms with Gasteiger partial charge in [-0.25, -0.2) is 15.1 Å². The summed E-state index contributed by atoms with van der Waals surface area (Å²) in [5, 5.41) is 11.6. The molecule has 2 atom stereocenters. The van der Waals surface area contributed by atoms with E-state index in [0.29, 0.717) is 6.42 Å². The van der Waals surface area contributed by atoms with Crippen LogP contribution in [0, 0.1) is 10.1 Å². The maximum atomic E-state index is 11.8.